The average Bonchev–Trinajstić information content (AvgIpc) is 2.49. The summed E-state index contributed by atoms with van der Waals surface area (Å²) >= 11 is 0. The van der Waals surface area contributed by atoms with E-state index in [2.05, 4.69) is 17.2 Å². The van der Waals surface area contributed by atoms with Crippen molar-refractivity contribution >= 4 is 17.5 Å². The standard InChI is InChI=1S/C21H25NO3/c1-5-6-16-9-13(2)20(14(3)10-16)21-18(24)11-17(12-19(21)25)7-8-22-15(4)23/h9-10,17,21H,7-8,11-12H2,1-4H3,(H,22,23). The number of benzene rings is 1. The lowest BCUT2D eigenvalue weighted by molar-refractivity contribution is -0.133. The molecule has 1 aromatic rings. The van der Waals surface area contributed by atoms with Gasteiger partial charge >= 0.3 is 0 Å². The summed E-state index contributed by atoms with van der Waals surface area (Å²) in [4.78, 5) is 36.3. The number of carbonyl (C=O) groups excluding carboxylic acids is 3. The third-order valence-electron chi connectivity index (χ3n) is 4.70. The van der Waals surface area contributed by atoms with Gasteiger partial charge in [-0.2, -0.15) is 0 Å². The summed E-state index contributed by atoms with van der Waals surface area (Å²) in [7, 11) is 0. The Labute approximate surface area is 149 Å². The third-order valence-corrected chi connectivity index (χ3v) is 4.70. The molecule has 1 saturated carbocycles. The quantitative estimate of drug-likeness (QED) is 0.678. The highest BCUT2D eigenvalue weighted by molar-refractivity contribution is 6.10. The summed E-state index contributed by atoms with van der Waals surface area (Å²) in [6.07, 6.45) is 1.45. The zero-order chi connectivity index (χ0) is 18.6. The van der Waals surface area contributed by atoms with Crippen LogP contribution in [-0.2, 0) is 14.4 Å². The van der Waals surface area contributed by atoms with E-state index in [-0.39, 0.29) is 23.4 Å². The number of amides is 1. The summed E-state index contributed by atoms with van der Waals surface area (Å²) in [6, 6.07) is 3.89. The fourth-order valence-electron chi connectivity index (χ4n) is 3.68. The number of hydrogen-bond acceptors (Lipinski definition) is 3. The summed E-state index contributed by atoms with van der Waals surface area (Å²) < 4.78 is 0. The van der Waals surface area contributed by atoms with E-state index in [9.17, 15) is 14.4 Å². The van der Waals surface area contributed by atoms with Crippen LogP contribution < -0.4 is 5.32 Å². The molecule has 132 valence electrons. The second-order valence-electron chi connectivity index (χ2n) is 6.81. The molecule has 0 aliphatic heterocycles. The van der Waals surface area contributed by atoms with Crippen molar-refractivity contribution < 1.29 is 14.4 Å². The van der Waals surface area contributed by atoms with Crippen LogP contribution >= 0.6 is 0 Å². The second kappa shape index (κ2) is 8.11. The van der Waals surface area contributed by atoms with Crippen molar-refractivity contribution in [3.8, 4) is 11.8 Å². The molecule has 2 rings (SSSR count). The first-order valence-corrected chi connectivity index (χ1v) is 8.67. The molecule has 1 amide bonds. The molecular weight excluding hydrogens is 314 g/mol. The number of rotatable bonds is 4. The fraction of sp³-hybridized carbons (Fsp3) is 0.476. The van der Waals surface area contributed by atoms with Crippen molar-refractivity contribution in [2.45, 2.75) is 52.9 Å². The topological polar surface area (TPSA) is 63.2 Å². The molecule has 4 nitrogen and oxygen atoms in total. The minimum atomic E-state index is -0.652. The SMILES string of the molecule is CC#Cc1cc(C)c(C2C(=O)CC(CCNC(C)=O)CC2=O)c(C)c1. The van der Waals surface area contributed by atoms with Crippen molar-refractivity contribution in [2.24, 2.45) is 5.92 Å². The Morgan fingerprint density at radius 3 is 2.20 bits per heavy atom. The van der Waals surface area contributed by atoms with Crippen LogP contribution in [0.25, 0.3) is 0 Å². The minimum Gasteiger partial charge on any atom is -0.356 e. The fourth-order valence-corrected chi connectivity index (χ4v) is 3.68. The monoisotopic (exact) mass is 339 g/mol. The first-order chi connectivity index (χ1) is 11.8. The molecule has 1 aliphatic carbocycles. The Bertz CT molecular complexity index is 726. The van der Waals surface area contributed by atoms with E-state index in [1.54, 1.807) is 6.92 Å². The molecule has 25 heavy (non-hydrogen) atoms. The predicted molar refractivity (Wildman–Crippen MR) is 97.2 cm³/mol. The molecule has 1 N–H and O–H groups in total. The van der Waals surface area contributed by atoms with Gasteiger partial charge in [0.2, 0.25) is 5.91 Å². The molecule has 0 spiro atoms. The highest BCUT2D eigenvalue weighted by atomic mass is 16.2. The molecule has 0 unspecified atom stereocenters. The summed E-state index contributed by atoms with van der Waals surface area (Å²) in [5, 5.41) is 2.73. The summed E-state index contributed by atoms with van der Waals surface area (Å²) in [5.74, 6) is 5.16. The van der Waals surface area contributed by atoms with Gasteiger partial charge in [0.15, 0.2) is 0 Å². The predicted octanol–water partition coefficient (Wildman–Crippen LogP) is 2.83. The average molecular weight is 339 g/mol. The highest BCUT2D eigenvalue weighted by Crippen LogP contribution is 2.35. The molecule has 0 radical (unpaired) electrons. The van der Waals surface area contributed by atoms with Gasteiger partial charge in [-0.3, -0.25) is 14.4 Å². The van der Waals surface area contributed by atoms with Crippen LogP contribution in [0.5, 0.6) is 0 Å². The molecule has 0 bridgehead atoms. The Hall–Kier alpha value is -2.41. The van der Waals surface area contributed by atoms with Gasteiger partial charge in [0.05, 0.1) is 0 Å². The van der Waals surface area contributed by atoms with Crippen molar-refractivity contribution in [3.63, 3.8) is 0 Å². The second-order valence-corrected chi connectivity index (χ2v) is 6.81. The number of nitrogens with one attached hydrogen (secondary N) is 1. The van der Waals surface area contributed by atoms with Gasteiger partial charge in [-0.25, -0.2) is 0 Å². The first-order valence-electron chi connectivity index (χ1n) is 8.67. The Kier molecular flexibility index (Phi) is 6.14. The lowest BCUT2D eigenvalue weighted by Crippen LogP contribution is -2.34. The van der Waals surface area contributed by atoms with E-state index in [1.165, 1.54) is 6.92 Å². The lowest BCUT2D eigenvalue weighted by atomic mass is 9.73. The smallest absolute Gasteiger partial charge is 0.216 e. The van der Waals surface area contributed by atoms with Crippen LogP contribution in [0.4, 0.5) is 0 Å². The van der Waals surface area contributed by atoms with Gasteiger partial charge in [-0.1, -0.05) is 5.92 Å². The van der Waals surface area contributed by atoms with Crippen LogP contribution in [0.15, 0.2) is 12.1 Å². The van der Waals surface area contributed by atoms with Gasteiger partial charge in [0, 0.05) is 31.9 Å². The summed E-state index contributed by atoms with van der Waals surface area (Å²) in [6.45, 7) is 7.63. The van der Waals surface area contributed by atoms with Gasteiger partial charge in [0.25, 0.3) is 0 Å². The van der Waals surface area contributed by atoms with E-state index in [4.69, 9.17) is 0 Å². The Balaban J connectivity index is 2.19. The van der Waals surface area contributed by atoms with Gasteiger partial charge in [-0.15, -0.1) is 5.92 Å². The maximum Gasteiger partial charge on any atom is 0.216 e. The van der Waals surface area contributed by atoms with E-state index >= 15 is 0 Å². The largest absolute Gasteiger partial charge is 0.356 e. The molecule has 1 aliphatic rings. The normalized spacial score (nSPS) is 20.0. The van der Waals surface area contributed by atoms with Crippen LogP contribution in [0.3, 0.4) is 0 Å². The van der Waals surface area contributed by atoms with Crippen LogP contribution in [-0.4, -0.2) is 24.0 Å². The van der Waals surface area contributed by atoms with Crippen LogP contribution in [0, 0.1) is 31.6 Å². The number of ketones is 2. The van der Waals surface area contributed by atoms with E-state index in [1.807, 2.05) is 26.0 Å². The van der Waals surface area contributed by atoms with Gasteiger partial charge < -0.3 is 5.32 Å². The lowest BCUT2D eigenvalue weighted by Gasteiger charge is -2.28. The number of aryl methyl sites for hydroxylation is 2. The van der Waals surface area contributed by atoms with Crippen LogP contribution in [0.2, 0.25) is 0 Å². The zero-order valence-corrected chi connectivity index (χ0v) is 15.4. The Morgan fingerprint density at radius 2 is 1.72 bits per heavy atom. The third kappa shape index (κ3) is 4.57. The molecule has 0 heterocycles. The highest BCUT2D eigenvalue weighted by Gasteiger charge is 2.37. The van der Waals surface area contributed by atoms with Crippen molar-refractivity contribution in [2.75, 3.05) is 6.54 Å². The molecule has 1 aromatic carbocycles. The molecule has 0 aromatic heterocycles. The van der Waals surface area contributed by atoms with Gasteiger partial charge in [0.1, 0.15) is 17.5 Å². The molecule has 0 saturated heterocycles. The number of Topliss-reactive ketones (excluding diaryl/α,β-unsaturated/α-hetero) is 2. The molecular formula is C21H25NO3. The molecule has 0 atom stereocenters. The maximum atomic E-state index is 12.7. The molecule has 4 heteroatoms. The van der Waals surface area contributed by atoms with Gasteiger partial charge in [-0.05, 0) is 61.9 Å². The molecule has 1 fully saturated rings. The maximum absolute atomic E-state index is 12.7. The van der Waals surface area contributed by atoms with Crippen molar-refractivity contribution in [1.82, 2.24) is 5.32 Å². The van der Waals surface area contributed by atoms with E-state index < -0.39 is 5.92 Å². The van der Waals surface area contributed by atoms with Crippen molar-refractivity contribution in [1.29, 1.82) is 0 Å². The van der Waals surface area contributed by atoms with E-state index in [0.717, 1.165) is 22.3 Å². The van der Waals surface area contributed by atoms with Crippen molar-refractivity contribution in [3.05, 3.63) is 34.4 Å². The first kappa shape index (κ1) is 18.9. The Morgan fingerprint density at radius 1 is 1.16 bits per heavy atom. The zero-order valence-electron chi connectivity index (χ0n) is 15.4. The van der Waals surface area contributed by atoms with E-state index in [0.29, 0.717) is 25.8 Å². The minimum absolute atomic E-state index is 0.00963. The number of carbonyl (C=O) groups is 3. The van der Waals surface area contributed by atoms with Crippen LogP contribution in [0.1, 0.15) is 61.3 Å². The summed E-state index contributed by atoms with van der Waals surface area (Å²) in [5.41, 5.74) is 3.64. The number of hydrogen-bond donors (Lipinski definition) is 1.